The maximum atomic E-state index is 8.65. The summed E-state index contributed by atoms with van der Waals surface area (Å²) in [5.41, 5.74) is 12.8. The van der Waals surface area contributed by atoms with Crippen LogP contribution in [0.1, 0.15) is 17.5 Å². The highest BCUT2D eigenvalue weighted by Gasteiger charge is 1.95. The van der Waals surface area contributed by atoms with Gasteiger partial charge in [-0.05, 0) is 26.8 Å². The molecular formula is C18H28N2O. The van der Waals surface area contributed by atoms with Gasteiger partial charge in [0, 0.05) is 6.54 Å². The highest BCUT2D eigenvalue weighted by Crippen LogP contribution is 1.92. The summed E-state index contributed by atoms with van der Waals surface area (Å²) in [6.07, 6.45) is 0.209. The third-order valence-corrected chi connectivity index (χ3v) is 2.65. The van der Waals surface area contributed by atoms with Crippen molar-refractivity contribution >= 4 is 0 Å². The molecule has 0 heterocycles. The number of hydrogen-bond donors (Lipinski definition) is 3. The van der Waals surface area contributed by atoms with Gasteiger partial charge in [-0.25, -0.2) is 0 Å². The van der Waals surface area contributed by atoms with E-state index in [4.69, 9.17) is 16.6 Å². The predicted octanol–water partition coefficient (Wildman–Crippen LogP) is 2.64. The van der Waals surface area contributed by atoms with Gasteiger partial charge in [0.15, 0.2) is 0 Å². The van der Waals surface area contributed by atoms with Gasteiger partial charge in [0.1, 0.15) is 0 Å². The van der Waals surface area contributed by atoms with E-state index in [0.29, 0.717) is 19.5 Å². The predicted molar refractivity (Wildman–Crippen MR) is 91.1 cm³/mol. The zero-order valence-electron chi connectivity index (χ0n) is 13.1. The van der Waals surface area contributed by atoms with Gasteiger partial charge in [0.25, 0.3) is 0 Å². The molecule has 5 N–H and O–H groups in total. The van der Waals surface area contributed by atoms with Crippen molar-refractivity contribution in [2.75, 3.05) is 13.1 Å². The maximum absolute atomic E-state index is 8.65. The molecule has 2 rings (SSSR count). The third kappa shape index (κ3) is 13.1. The van der Waals surface area contributed by atoms with E-state index in [9.17, 15) is 0 Å². The molecule has 0 radical (unpaired) electrons. The second kappa shape index (κ2) is 13.3. The van der Waals surface area contributed by atoms with E-state index in [2.05, 4.69) is 38.1 Å². The number of nitrogens with two attached hydrogens (primary N) is 2. The van der Waals surface area contributed by atoms with Gasteiger partial charge < -0.3 is 16.6 Å². The lowest BCUT2D eigenvalue weighted by Crippen LogP contribution is -2.22. The van der Waals surface area contributed by atoms with Crippen LogP contribution in [0.4, 0.5) is 0 Å². The Morgan fingerprint density at radius 1 is 0.810 bits per heavy atom. The lowest BCUT2D eigenvalue weighted by molar-refractivity contribution is 0.175. The van der Waals surface area contributed by atoms with E-state index in [1.54, 1.807) is 0 Å². The van der Waals surface area contributed by atoms with Crippen LogP contribution in [0.5, 0.6) is 0 Å². The Bertz CT molecular complexity index is 394. The zero-order valence-corrected chi connectivity index (χ0v) is 13.1. The van der Waals surface area contributed by atoms with E-state index >= 15 is 0 Å². The Balaban J connectivity index is 0.000000286. The molecule has 1 unspecified atom stereocenters. The number of hydrogen-bond acceptors (Lipinski definition) is 3. The average molecular weight is 288 g/mol. The van der Waals surface area contributed by atoms with Crippen molar-refractivity contribution in [2.24, 2.45) is 11.5 Å². The molecule has 3 nitrogen and oxygen atoms in total. The van der Waals surface area contributed by atoms with Gasteiger partial charge in [-0.1, -0.05) is 71.8 Å². The van der Waals surface area contributed by atoms with Gasteiger partial charge in [-0.2, -0.15) is 0 Å². The highest BCUT2D eigenvalue weighted by atomic mass is 16.3. The molecule has 21 heavy (non-hydrogen) atoms. The first kappa shape index (κ1) is 19.3. The summed E-state index contributed by atoms with van der Waals surface area (Å²) < 4.78 is 0. The molecule has 0 spiro atoms. The summed E-state index contributed by atoms with van der Waals surface area (Å²) in [4.78, 5) is 0. The Morgan fingerprint density at radius 3 is 1.33 bits per heavy atom. The lowest BCUT2D eigenvalue weighted by atomic mass is 10.2. The Kier molecular flexibility index (Phi) is 12.2. The van der Waals surface area contributed by atoms with Crippen LogP contribution >= 0.6 is 0 Å². The van der Waals surface area contributed by atoms with Gasteiger partial charge >= 0.3 is 0 Å². The molecule has 1 atom stereocenters. The normalized spacial score (nSPS) is 10.5. The van der Waals surface area contributed by atoms with E-state index in [-0.39, 0.29) is 0 Å². The Labute approximate surface area is 128 Å². The second-order valence-electron chi connectivity index (χ2n) is 4.78. The third-order valence-electron chi connectivity index (χ3n) is 2.65. The molecule has 2 aromatic carbocycles. The van der Waals surface area contributed by atoms with Crippen molar-refractivity contribution < 1.29 is 5.11 Å². The van der Waals surface area contributed by atoms with Crippen LogP contribution in [0.2, 0.25) is 0 Å². The first-order valence-corrected chi connectivity index (χ1v) is 7.21. The maximum Gasteiger partial charge on any atom is 0.0674 e. The van der Waals surface area contributed by atoms with E-state index < -0.39 is 6.10 Å². The molecule has 0 bridgehead atoms. The Hall–Kier alpha value is -1.68. The largest absolute Gasteiger partial charge is 0.392 e. The van der Waals surface area contributed by atoms with Crippen molar-refractivity contribution in [3.8, 4) is 0 Å². The topological polar surface area (TPSA) is 72.3 Å². The standard InChI is InChI=1S/2C7H8.C4H12N2O/c2*1-7-5-3-2-4-6-7;5-2-1-4(7)3-6/h2*2-6H,1H3;4,7H,1-3,5-6H2. The van der Waals surface area contributed by atoms with Crippen LogP contribution < -0.4 is 11.5 Å². The molecule has 0 aliphatic carbocycles. The lowest BCUT2D eigenvalue weighted by Gasteiger charge is -2.01. The fourth-order valence-electron chi connectivity index (χ4n) is 1.38. The number of aryl methyl sites for hydroxylation is 2. The summed E-state index contributed by atoms with van der Waals surface area (Å²) >= 11 is 0. The molecular weight excluding hydrogens is 260 g/mol. The number of rotatable bonds is 3. The monoisotopic (exact) mass is 288 g/mol. The molecule has 0 aliphatic rings. The summed E-state index contributed by atoms with van der Waals surface area (Å²) in [5, 5.41) is 8.65. The number of aliphatic hydroxyl groups is 1. The molecule has 0 saturated carbocycles. The fourth-order valence-corrected chi connectivity index (χ4v) is 1.38. The summed E-state index contributed by atoms with van der Waals surface area (Å²) in [6.45, 7) is 5.00. The molecule has 2 aromatic rings. The molecule has 0 amide bonds. The minimum atomic E-state index is -0.398. The molecule has 0 fully saturated rings. The van der Waals surface area contributed by atoms with Gasteiger partial charge in [0.05, 0.1) is 6.10 Å². The summed E-state index contributed by atoms with van der Waals surface area (Å²) in [6, 6.07) is 20.5. The van der Waals surface area contributed by atoms with Crippen molar-refractivity contribution in [3.05, 3.63) is 71.8 Å². The highest BCUT2D eigenvalue weighted by molar-refractivity contribution is 5.12. The zero-order chi connectivity index (χ0) is 15.9. The van der Waals surface area contributed by atoms with Crippen LogP contribution in [-0.2, 0) is 0 Å². The number of aliphatic hydroxyl groups excluding tert-OH is 1. The number of benzene rings is 2. The van der Waals surface area contributed by atoms with Crippen LogP contribution in [0, 0.1) is 13.8 Å². The van der Waals surface area contributed by atoms with Crippen LogP contribution in [0.15, 0.2) is 60.7 Å². The fraction of sp³-hybridized carbons (Fsp3) is 0.333. The Morgan fingerprint density at radius 2 is 1.19 bits per heavy atom. The first-order chi connectivity index (χ1) is 10.1. The first-order valence-electron chi connectivity index (χ1n) is 7.21. The van der Waals surface area contributed by atoms with Gasteiger partial charge in [-0.3, -0.25) is 0 Å². The van der Waals surface area contributed by atoms with Crippen LogP contribution in [-0.4, -0.2) is 24.3 Å². The van der Waals surface area contributed by atoms with Gasteiger partial charge in [0.2, 0.25) is 0 Å². The molecule has 0 saturated heterocycles. The minimum Gasteiger partial charge on any atom is -0.392 e. The van der Waals surface area contributed by atoms with Crippen molar-refractivity contribution in [2.45, 2.75) is 26.4 Å². The summed E-state index contributed by atoms with van der Waals surface area (Å²) in [7, 11) is 0. The van der Waals surface area contributed by atoms with Crippen molar-refractivity contribution in [1.82, 2.24) is 0 Å². The van der Waals surface area contributed by atoms with Crippen LogP contribution in [0.25, 0.3) is 0 Å². The summed E-state index contributed by atoms with van der Waals surface area (Å²) in [5.74, 6) is 0. The van der Waals surface area contributed by atoms with Gasteiger partial charge in [-0.15, -0.1) is 0 Å². The molecule has 3 heteroatoms. The average Bonchev–Trinajstić information content (AvgIpc) is 2.50. The smallest absolute Gasteiger partial charge is 0.0674 e. The molecule has 116 valence electrons. The van der Waals surface area contributed by atoms with E-state index in [1.165, 1.54) is 11.1 Å². The minimum absolute atomic E-state index is 0.317. The quantitative estimate of drug-likeness (QED) is 0.813. The van der Waals surface area contributed by atoms with Crippen LogP contribution in [0.3, 0.4) is 0 Å². The SMILES string of the molecule is Cc1ccccc1.Cc1ccccc1.NCCC(O)CN. The molecule has 0 aromatic heterocycles. The van der Waals surface area contributed by atoms with Crippen molar-refractivity contribution in [1.29, 1.82) is 0 Å². The van der Waals surface area contributed by atoms with E-state index in [1.807, 2.05) is 36.4 Å². The molecule has 0 aliphatic heterocycles. The van der Waals surface area contributed by atoms with E-state index in [0.717, 1.165) is 0 Å². The second-order valence-corrected chi connectivity index (χ2v) is 4.78. The van der Waals surface area contributed by atoms with Crippen molar-refractivity contribution in [3.63, 3.8) is 0 Å².